The van der Waals surface area contributed by atoms with Crippen LogP contribution in [0.2, 0.25) is 0 Å². The van der Waals surface area contributed by atoms with Crippen LogP contribution in [0.25, 0.3) is 0 Å². The van der Waals surface area contributed by atoms with E-state index >= 15 is 0 Å². The molecule has 3 aromatic rings. The molecule has 2 aromatic carbocycles. The Morgan fingerprint density at radius 1 is 1.00 bits per heavy atom. The molecule has 0 aliphatic rings. The average Bonchev–Trinajstić information content (AvgIpc) is 3.29. The van der Waals surface area contributed by atoms with E-state index in [2.05, 4.69) is 81.7 Å². The van der Waals surface area contributed by atoms with Crippen molar-refractivity contribution in [3.63, 3.8) is 0 Å². The van der Waals surface area contributed by atoms with Gasteiger partial charge >= 0.3 is 0 Å². The molecule has 0 unspecified atom stereocenters. The van der Waals surface area contributed by atoms with Crippen LogP contribution in [0.1, 0.15) is 23.6 Å². The maximum absolute atomic E-state index is 5.88. The van der Waals surface area contributed by atoms with Gasteiger partial charge in [-0.15, -0.1) is 0 Å². The number of aryl methyl sites for hydroxylation is 2. The number of nitrogens with zero attached hydrogens (tertiary/aromatic N) is 1. The molecule has 4 nitrogen and oxygen atoms in total. The minimum Gasteiger partial charge on any atom is -0.388 e. The highest BCUT2D eigenvalue weighted by Crippen LogP contribution is 2.22. The first kappa shape index (κ1) is 21.4. The van der Waals surface area contributed by atoms with Gasteiger partial charge in [-0.1, -0.05) is 37.3 Å². The summed E-state index contributed by atoms with van der Waals surface area (Å²) >= 11 is 1.76. The quantitative estimate of drug-likeness (QED) is 0.308. The van der Waals surface area contributed by atoms with E-state index in [-0.39, 0.29) is 0 Å². The van der Waals surface area contributed by atoms with Crippen LogP contribution >= 0.6 is 11.3 Å². The van der Waals surface area contributed by atoms with Crippen molar-refractivity contribution in [3.05, 3.63) is 82.0 Å². The summed E-state index contributed by atoms with van der Waals surface area (Å²) in [7, 11) is 1.98. The van der Waals surface area contributed by atoms with Gasteiger partial charge in [-0.2, -0.15) is 11.3 Å². The molecule has 0 spiro atoms. The lowest BCUT2D eigenvalue weighted by molar-refractivity contribution is 0.0366. The molecular weight excluding hydrogens is 378 g/mol. The lowest BCUT2D eigenvalue weighted by Gasteiger charge is -2.21. The van der Waals surface area contributed by atoms with Gasteiger partial charge < -0.3 is 15.4 Å². The van der Waals surface area contributed by atoms with Crippen LogP contribution < -0.4 is 10.6 Å². The van der Waals surface area contributed by atoms with Gasteiger partial charge in [-0.3, -0.25) is 4.90 Å². The fourth-order valence-electron chi connectivity index (χ4n) is 3.27. The van der Waals surface area contributed by atoms with Crippen molar-refractivity contribution >= 4 is 22.7 Å². The van der Waals surface area contributed by atoms with E-state index in [1.807, 2.05) is 13.1 Å². The minimum absolute atomic E-state index is 0.494. The molecular formula is C24H31N3OS. The molecule has 1 aromatic heterocycles. The molecule has 0 saturated heterocycles. The van der Waals surface area contributed by atoms with Crippen LogP contribution in [0.4, 0.5) is 11.4 Å². The summed E-state index contributed by atoms with van der Waals surface area (Å²) in [5.41, 5.74) is 6.31. The predicted molar refractivity (Wildman–Crippen MR) is 125 cm³/mol. The summed E-state index contributed by atoms with van der Waals surface area (Å²) in [6, 6.07) is 19.2. The van der Waals surface area contributed by atoms with Gasteiger partial charge in [0.05, 0.1) is 0 Å². The monoisotopic (exact) mass is 409 g/mol. The van der Waals surface area contributed by atoms with Crippen molar-refractivity contribution in [1.29, 1.82) is 0 Å². The molecule has 29 heavy (non-hydrogen) atoms. The molecule has 0 aliphatic heterocycles. The first-order valence-corrected chi connectivity index (χ1v) is 11.1. The zero-order valence-corrected chi connectivity index (χ0v) is 18.2. The third kappa shape index (κ3) is 6.89. The van der Waals surface area contributed by atoms with Gasteiger partial charge in [0.2, 0.25) is 0 Å². The number of hydrogen-bond acceptors (Lipinski definition) is 5. The molecule has 0 saturated carbocycles. The summed E-state index contributed by atoms with van der Waals surface area (Å²) in [4.78, 5) is 2.29. The molecule has 3 rings (SSSR count). The van der Waals surface area contributed by atoms with Crippen LogP contribution in [0, 0.1) is 0 Å². The van der Waals surface area contributed by atoms with Crippen molar-refractivity contribution in [2.45, 2.75) is 26.3 Å². The first-order valence-electron chi connectivity index (χ1n) is 10.2. The molecule has 0 aliphatic carbocycles. The largest absolute Gasteiger partial charge is 0.388 e. The van der Waals surface area contributed by atoms with Crippen molar-refractivity contribution in [2.24, 2.45) is 0 Å². The molecule has 0 fully saturated rings. The number of rotatable bonds is 12. The van der Waals surface area contributed by atoms with Crippen LogP contribution in [-0.2, 0) is 24.1 Å². The Hall–Kier alpha value is -2.34. The third-order valence-electron chi connectivity index (χ3n) is 4.99. The molecule has 0 radical (unpaired) electrons. The second kappa shape index (κ2) is 11.6. The number of benzene rings is 2. The van der Waals surface area contributed by atoms with Crippen molar-refractivity contribution < 1.29 is 4.74 Å². The second-order valence-corrected chi connectivity index (χ2v) is 7.82. The standard InChI is InChI=1S/C24H31N3OS/c1-3-27(16-20-7-5-4-6-8-20)19-28-18-26-23-11-12-24(25-2)22(15-23)10-9-21-13-14-29-17-21/h4-8,11-15,17,25-26H,3,9-10,16,18-19H2,1-2H3. The third-order valence-corrected chi connectivity index (χ3v) is 5.72. The smallest absolute Gasteiger partial charge is 0.118 e. The average molecular weight is 410 g/mol. The summed E-state index contributed by atoms with van der Waals surface area (Å²) in [5.74, 6) is 0. The Bertz CT molecular complexity index is 837. The summed E-state index contributed by atoms with van der Waals surface area (Å²) in [6.07, 6.45) is 2.08. The van der Waals surface area contributed by atoms with Crippen molar-refractivity contribution in [2.75, 3.05) is 37.7 Å². The number of thiophene rings is 1. The Kier molecular flexibility index (Phi) is 8.56. The highest BCUT2D eigenvalue weighted by atomic mass is 32.1. The fourth-order valence-corrected chi connectivity index (χ4v) is 3.97. The number of nitrogens with one attached hydrogen (secondary N) is 2. The first-order chi connectivity index (χ1) is 14.3. The second-order valence-electron chi connectivity index (χ2n) is 7.04. The maximum Gasteiger partial charge on any atom is 0.118 e. The van der Waals surface area contributed by atoms with Gasteiger partial charge in [-0.25, -0.2) is 0 Å². The van der Waals surface area contributed by atoms with Gasteiger partial charge in [0.25, 0.3) is 0 Å². The molecule has 5 heteroatoms. The predicted octanol–water partition coefficient (Wildman–Crippen LogP) is 5.44. The van der Waals surface area contributed by atoms with Crippen LogP contribution in [0.5, 0.6) is 0 Å². The summed E-state index contributed by atoms with van der Waals surface area (Å²) in [6.45, 7) is 5.13. The SMILES string of the molecule is CCN(COCNc1ccc(NC)c(CCc2ccsc2)c1)Cc1ccccc1. The number of anilines is 2. The highest BCUT2D eigenvalue weighted by molar-refractivity contribution is 7.07. The van der Waals surface area contributed by atoms with Crippen molar-refractivity contribution in [3.8, 4) is 0 Å². The Morgan fingerprint density at radius 2 is 1.86 bits per heavy atom. The van der Waals surface area contributed by atoms with Crippen LogP contribution in [0.15, 0.2) is 65.4 Å². The molecule has 1 heterocycles. The van der Waals surface area contributed by atoms with E-state index in [0.29, 0.717) is 13.5 Å². The van der Waals surface area contributed by atoms with E-state index in [0.717, 1.165) is 31.6 Å². The minimum atomic E-state index is 0.494. The zero-order chi connectivity index (χ0) is 20.3. The van der Waals surface area contributed by atoms with Crippen LogP contribution in [-0.4, -0.2) is 32.0 Å². The zero-order valence-electron chi connectivity index (χ0n) is 17.4. The fraction of sp³-hybridized carbons (Fsp3) is 0.333. The molecule has 0 atom stereocenters. The molecule has 0 bridgehead atoms. The number of ether oxygens (including phenoxy) is 1. The molecule has 154 valence electrons. The van der Waals surface area contributed by atoms with E-state index in [1.165, 1.54) is 22.4 Å². The lowest BCUT2D eigenvalue weighted by atomic mass is 10.0. The van der Waals surface area contributed by atoms with Gasteiger partial charge in [0.1, 0.15) is 13.5 Å². The number of hydrogen-bond donors (Lipinski definition) is 2. The summed E-state index contributed by atoms with van der Waals surface area (Å²) in [5, 5.41) is 11.1. The van der Waals surface area contributed by atoms with Crippen LogP contribution in [0.3, 0.4) is 0 Å². The summed E-state index contributed by atoms with van der Waals surface area (Å²) < 4.78 is 5.88. The van der Waals surface area contributed by atoms with E-state index in [9.17, 15) is 0 Å². The van der Waals surface area contributed by atoms with Gasteiger partial charge in [0.15, 0.2) is 0 Å². The van der Waals surface area contributed by atoms with Gasteiger partial charge in [-0.05, 0) is 71.1 Å². The topological polar surface area (TPSA) is 36.5 Å². The lowest BCUT2D eigenvalue weighted by Crippen LogP contribution is -2.27. The van der Waals surface area contributed by atoms with E-state index in [4.69, 9.17) is 4.74 Å². The Morgan fingerprint density at radius 3 is 2.59 bits per heavy atom. The normalized spacial score (nSPS) is 11.0. The Labute approximate surface area is 178 Å². The highest BCUT2D eigenvalue weighted by Gasteiger charge is 2.06. The van der Waals surface area contributed by atoms with Gasteiger partial charge in [0, 0.05) is 25.0 Å². The van der Waals surface area contributed by atoms with Crippen molar-refractivity contribution in [1.82, 2.24) is 4.90 Å². The maximum atomic E-state index is 5.88. The Balaban J connectivity index is 1.47. The van der Waals surface area contributed by atoms with E-state index < -0.39 is 0 Å². The van der Waals surface area contributed by atoms with E-state index in [1.54, 1.807) is 11.3 Å². The molecule has 0 amide bonds. The molecule has 2 N–H and O–H groups in total.